The number of nitrogens with one attached hydrogen (secondary N) is 1. The number of pyridine rings is 1. The SMILES string of the molecule is Cc1nc2c(Cl)cccn2c1C(=O)NCCC(=O)O. The molecule has 100 valence electrons. The molecule has 0 radical (unpaired) electrons. The Kier molecular flexibility index (Phi) is 3.71. The first-order chi connectivity index (χ1) is 9.00. The Bertz CT molecular complexity index is 651. The Hall–Kier alpha value is -2.08. The molecule has 6 nitrogen and oxygen atoms in total. The van der Waals surface area contributed by atoms with E-state index in [2.05, 4.69) is 10.3 Å². The van der Waals surface area contributed by atoms with Crippen LogP contribution in [0.15, 0.2) is 18.3 Å². The number of carbonyl (C=O) groups is 2. The molecule has 0 aliphatic rings. The van der Waals surface area contributed by atoms with Gasteiger partial charge in [0.1, 0.15) is 5.69 Å². The molecule has 0 atom stereocenters. The summed E-state index contributed by atoms with van der Waals surface area (Å²) in [5, 5.41) is 11.5. The number of hydrogen-bond acceptors (Lipinski definition) is 3. The van der Waals surface area contributed by atoms with Gasteiger partial charge < -0.3 is 10.4 Å². The number of aliphatic carboxylic acids is 1. The third-order valence-electron chi connectivity index (χ3n) is 2.62. The molecule has 0 aliphatic carbocycles. The van der Waals surface area contributed by atoms with Crippen LogP contribution in [-0.4, -0.2) is 32.9 Å². The largest absolute Gasteiger partial charge is 0.481 e. The highest BCUT2D eigenvalue weighted by Gasteiger charge is 2.17. The fourth-order valence-electron chi connectivity index (χ4n) is 1.79. The van der Waals surface area contributed by atoms with Crippen molar-refractivity contribution in [3.63, 3.8) is 0 Å². The van der Waals surface area contributed by atoms with Gasteiger partial charge in [0, 0.05) is 12.7 Å². The number of imidazole rings is 1. The second-order valence-electron chi connectivity index (χ2n) is 4.00. The number of amides is 1. The zero-order valence-electron chi connectivity index (χ0n) is 10.2. The molecule has 0 aliphatic heterocycles. The molecular weight excluding hydrogens is 270 g/mol. The van der Waals surface area contributed by atoms with E-state index in [0.717, 1.165) is 0 Å². The summed E-state index contributed by atoms with van der Waals surface area (Å²) < 4.78 is 1.59. The van der Waals surface area contributed by atoms with E-state index in [-0.39, 0.29) is 18.9 Å². The van der Waals surface area contributed by atoms with Crippen molar-refractivity contribution < 1.29 is 14.7 Å². The van der Waals surface area contributed by atoms with E-state index in [1.54, 1.807) is 29.7 Å². The molecule has 2 aromatic heterocycles. The summed E-state index contributed by atoms with van der Waals surface area (Å²) >= 11 is 6.00. The number of carbonyl (C=O) groups excluding carboxylic acids is 1. The zero-order chi connectivity index (χ0) is 14.0. The Morgan fingerprint density at radius 2 is 2.26 bits per heavy atom. The smallest absolute Gasteiger partial charge is 0.305 e. The molecule has 0 bridgehead atoms. The second kappa shape index (κ2) is 5.27. The average molecular weight is 282 g/mol. The van der Waals surface area contributed by atoms with Gasteiger partial charge in [0.15, 0.2) is 5.65 Å². The van der Waals surface area contributed by atoms with Gasteiger partial charge in [-0.2, -0.15) is 0 Å². The molecule has 0 saturated carbocycles. The van der Waals surface area contributed by atoms with Gasteiger partial charge in [0.2, 0.25) is 0 Å². The maximum atomic E-state index is 12.0. The predicted molar refractivity (Wildman–Crippen MR) is 69.5 cm³/mol. The first kappa shape index (κ1) is 13.4. The van der Waals surface area contributed by atoms with Crippen LogP contribution in [0.3, 0.4) is 0 Å². The summed E-state index contributed by atoms with van der Waals surface area (Å²) in [6, 6.07) is 3.40. The van der Waals surface area contributed by atoms with Gasteiger partial charge in [-0.05, 0) is 19.1 Å². The van der Waals surface area contributed by atoms with Crippen LogP contribution in [0.2, 0.25) is 5.02 Å². The standard InChI is InChI=1S/C12H12ClN3O3/c1-7-10(12(19)14-5-4-9(17)18)16-6-2-3-8(13)11(16)15-7/h2-3,6H,4-5H2,1H3,(H,14,19)(H,17,18). The van der Waals surface area contributed by atoms with Crippen molar-refractivity contribution in [1.29, 1.82) is 0 Å². The van der Waals surface area contributed by atoms with Crippen molar-refractivity contribution in [2.75, 3.05) is 6.54 Å². The summed E-state index contributed by atoms with van der Waals surface area (Å²) in [6.45, 7) is 1.77. The highest BCUT2D eigenvalue weighted by molar-refractivity contribution is 6.33. The average Bonchev–Trinajstić information content (AvgIpc) is 2.66. The molecular formula is C12H12ClN3O3. The van der Waals surface area contributed by atoms with Gasteiger partial charge in [0.25, 0.3) is 5.91 Å². The third kappa shape index (κ3) is 2.68. The number of hydrogen-bond donors (Lipinski definition) is 2. The molecule has 0 unspecified atom stereocenters. The Labute approximate surface area is 114 Å². The monoisotopic (exact) mass is 281 g/mol. The molecule has 2 heterocycles. The van der Waals surface area contributed by atoms with Crippen LogP contribution >= 0.6 is 11.6 Å². The normalized spacial score (nSPS) is 10.6. The van der Waals surface area contributed by atoms with Crippen molar-refractivity contribution >= 4 is 29.1 Å². The summed E-state index contributed by atoms with van der Waals surface area (Å²) in [7, 11) is 0. The molecule has 2 rings (SSSR count). The minimum absolute atomic E-state index is 0.0708. The first-order valence-corrected chi connectivity index (χ1v) is 6.01. The van der Waals surface area contributed by atoms with E-state index < -0.39 is 5.97 Å². The van der Waals surface area contributed by atoms with Crippen LogP contribution in [0.5, 0.6) is 0 Å². The summed E-state index contributed by atoms with van der Waals surface area (Å²) in [4.78, 5) is 26.7. The Morgan fingerprint density at radius 1 is 1.53 bits per heavy atom. The summed E-state index contributed by atoms with van der Waals surface area (Å²) in [5.41, 5.74) is 1.41. The van der Waals surface area contributed by atoms with E-state index in [9.17, 15) is 9.59 Å². The van der Waals surface area contributed by atoms with E-state index >= 15 is 0 Å². The van der Waals surface area contributed by atoms with Crippen LogP contribution in [-0.2, 0) is 4.79 Å². The number of rotatable bonds is 4. The fraction of sp³-hybridized carbons (Fsp3) is 0.250. The van der Waals surface area contributed by atoms with Crippen molar-refractivity contribution in [2.24, 2.45) is 0 Å². The van der Waals surface area contributed by atoms with Crippen molar-refractivity contribution in [3.8, 4) is 0 Å². The maximum Gasteiger partial charge on any atom is 0.305 e. The number of carboxylic acid groups (broad SMARTS) is 1. The molecule has 0 spiro atoms. The van der Waals surface area contributed by atoms with Gasteiger partial charge in [-0.15, -0.1) is 0 Å². The summed E-state index contributed by atoms with van der Waals surface area (Å²) in [6.07, 6.45) is 1.57. The quantitative estimate of drug-likeness (QED) is 0.889. The van der Waals surface area contributed by atoms with E-state index in [1.807, 2.05) is 0 Å². The molecule has 7 heteroatoms. The number of aryl methyl sites for hydroxylation is 1. The number of halogens is 1. The minimum atomic E-state index is -0.960. The molecule has 0 fully saturated rings. The van der Waals surface area contributed by atoms with E-state index in [1.165, 1.54) is 0 Å². The van der Waals surface area contributed by atoms with Crippen molar-refractivity contribution in [3.05, 3.63) is 34.7 Å². The van der Waals surface area contributed by atoms with Crippen LogP contribution in [0.1, 0.15) is 22.6 Å². The van der Waals surface area contributed by atoms with Crippen molar-refractivity contribution in [1.82, 2.24) is 14.7 Å². The van der Waals surface area contributed by atoms with Gasteiger partial charge >= 0.3 is 5.97 Å². The lowest BCUT2D eigenvalue weighted by Crippen LogP contribution is -2.27. The van der Waals surface area contributed by atoms with Crippen LogP contribution in [0, 0.1) is 6.92 Å². The second-order valence-corrected chi connectivity index (χ2v) is 4.40. The maximum absolute atomic E-state index is 12.0. The Balaban J connectivity index is 2.29. The topological polar surface area (TPSA) is 83.7 Å². The molecule has 19 heavy (non-hydrogen) atoms. The first-order valence-electron chi connectivity index (χ1n) is 5.64. The molecule has 2 aromatic rings. The zero-order valence-corrected chi connectivity index (χ0v) is 10.9. The summed E-state index contributed by atoms with van der Waals surface area (Å²) in [5.74, 6) is -1.33. The lowest BCUT2D eigenvalue weighted by atomic mass is 10.3. The highest BCUT2D eigenvalue weighted by atomic mass is 35.5. The van der Waals surface area contributed by atoms with Gasteiger partial charge in [0.05, 0.1) is 17.1 Å². The molecule has 0 saturated heterocycles. The third-order valence-corrected chi connectivity index (χ3v) is 2.91. The minimum Gasteiger partial charge on any atom is -0.481 e. The lowest BCUT2D eigenvalue weighted by Gasteiger charge is -2.04. The van der Waals surface area contributed by atoms with Gasteiger partial charge in [-0.1, -0.05) is 11.6 Å². The fourth-order valence-corrected chi connectivity index (χ4v) is 1.99. The van der Waals surface area contributed by atoms with Crippen LogP contribution < -0.4 is 5.32 Å². The van der Waals surface area contributed by atoms with E-state index in [0.29, 0.717) is 22.1 Å². The van der Waals surface area contributed by atoms with Crippen LogP contribution in [0.4, 0.5) is 0 Å². The number of nitrogens with zero attached hydrogens (tertiary/aromatic N) is 2. The Morgan fingerprint density at radius 3 is 2.95 bits per heavy atom. The number of carboxylic acids is 1. The predicted octanol–water partition coefficient (Wildman–Crippen LogP) is 1.50. The number of aromatic nitrogens is 2. The molecule has 2 N–H and O–H groups in total. The van der Waals surface area contributed by atoms with Gasteiger partial charge in [-0.3, -0.25) is 14.0 Å². The van der Waals surface area contributed by atoms with E-state index in [4.69, 9.17) is 16.7 Å². The van der Waals surface area contributed by atoms with Crippen molar-refractivity contribution in [2.45, 2.75) is 13.3 Å². The van der Waals surface area contributed by atoms with Crippen LogP contribution in [0.25, 0.3) is 5.65 Å². The van der Waals surface area contributed by atoms with Gasteiger partial charge in [-0.25, -0.2) is 4.98 Å². The lowest BCUT2D eigenvalue weighted by molar-refractivity contribution is -0.136. The molecule has 1 amide bonds. The number of fused-ring (bicyclic) bond motifs is 1. The highest BCUT2D eigenvalue weighted by Crippen LogP contribution is 2.19. The molecule has 0 aromatic carbocycles.